The molecule has 0 unspecified atom stereocenters. The highest BCUT2D eigenvalue weighted by atomic mass is 79.9. The molecule has 12 heteroatoms. The van der Waals surface area contributed by atoms with E-state index >= 15 is 0 Å². The van der Waals surface area contributed by atoms with Gasteiger partial charge in [-0.2, -0.15) is 14.6 Å². The average Bonchev–Trinajstić information content (AvgIpc) is 3.45. The van der Waals surface area contributed by atoms with Crippen molar-refractivity contribution in [3.05, 3.63) is 51.9 Å². The molecule has 3 rings (SSSR count). The molecule has 0 aliphatic heterocycles. The number of furan rings is 1. The third kappa shape index (κ3) is 5.52. The summed E-state index contributed by atoms with van der Waals surface area (Å²) < 4.78 is 20.1. The van der Waals surface area contributed by atoms with Crippen LogP contribution in [0.1, 0.15) is 16.1 Å². The van der Waals surface area contributed by atoms with Gasteiger partial charge in [-0.3, -0.25) is 10.1 Å². The van der Waals surface area contributed by atoms with Crippen LogP contribution in [-0.4, -0.2) is 34.6 Å². The molecule has 1 amide bonds. The van der Waals surface area contributed by atoms with Crippen LogP contribution in [0.4, 0.5) is 5.13 Å². The van der Waals surface area contributed by atoms with E-state index in [0.717, 1.165) is 11.5 Å². The van der Waals surface area contributed by atoms with Crippen LogP contribution in [0.2, 0.25) is 0 Å². The Labute approximate surface area is 193 Å². The summed E-state index contributed by atoms with van der Waals surface area (Å²) in [6.45, 7) is 0. The molecule has 0 aliphatic carbocycles. The number of nitrogens with zero attached hydrogens (tertiary/aromatic N) is 3. The van der Waals surface area contributed by atoms with Gasteiger partial charge in [0.15, 0.2) is 11.5 Å². The maximum absolute atomic E-state index is 12.4. The fourth-order valence-electron chi connectivity index (χ4n) is 2.28. The normalized spacial score (nSPS) is 11.0. The third-order valence-corrected chi connectivity index (χ3v) is 5.54. The van der Waals surface area contributed by atoms with Gasteiger partial charge in [-0.25, -0.2) is 4.79 Å². The van der Waals surface area contributed by atoms with Crippen molar-refractivity contribution in [2.24, 2.45) is 0 Å². The van der Waals surface area contributed by atoms with Gasteiger partial charge >= 0.3 is 5.97 Å². The van der Waals surface area contributed by atoms with Gasteiger partial charge in [-0.05, 0) is 58.1 Å². The SMILES string of the molecule is COc1cc(C=C(C#N)C(=O)Nc2nc(SC)ns2)cc(Br)c1OC(=O)c1ccco1. The first-order chi connectivity index (χ1) is 14.9. The van der Waals surface area contributed by atoms with Crippen molar-refractivity contribution in [2.45, 2.75) is 5.16 Å². The lowest BCUT2D eigenvalue weighted by molar-refractivity contribution is -0.112. The van der Waals surface area contributed by atoms with Gasteiger partial charge in [0.1, 0.15) is 11.6 Å². The number of anilines is 1. The minimum Gasteiger partial charge on any atom is -0.493 e. The van der Waals surface area contributed by atoms with Gasteiger partial charge in [-0.1, -0.05) is 11.8 Å². The monoisotopic (exact) mass is 520 g/mol. The van der Waals surface area contributed by atoms with Crippen LogP contribution < -0.4 is 14.8 Å². The molecular formula is C19H13BrN4O5S2. The number of halogens is 1. The standard InChI is InChI=1S/C19H13BrN4O5S2/c1-27-14-8-10(7-12(20)15(14)29-17(26)13-4-3-5-28-13)6-11(9-21)16(25)22-18-23-19(30-2)24-31-18/h3-8H,1-2H3,(H,22,23,24,25). The molecule has 31 heavy (non-hydrogen) atoms. The Morgan fingerprint density at radius 1 is 1.42 bits per heavy atom. The Morgan fingerprint density at radius 3 is 2.84 bits per heavy atom. The molecule has 1 N–H and O–H groups in total. The van der Waals surface area contributed by atoms with E-state index in [4.69, 9.17) is 13.9 Å². The molecule has 158 valence electrons. The molecule has 2 heterocycles. The van der Waals surface area contributed by atoms with Crippen molar-refractivity contribution < 1.29 is 23.5 Å². The van der Waals surface area contributed by atoms with Crippen molar-refractivity contribution in [2.75, 3.05) is 18.7 Å². The van der Waals surface area contributed by atoms with Gasteiger partial charge in [0, 0.05) is 11.5 Å². The highest BCUT2D eigenvalue weighted by molar-refractivity contribution is 9.10. The van der Waals surface area contributed by atoms with Gasteiger partial charge in [0.2, 0.25) is 16.0 Å². The zero-order chi connectivity index (χ0) is 22.4. The highest BCUT2D eigenvalue weighted by Crippen LogP contribution is 2.38. The van der Waals surface area contributed by atoms with E-state index in [1.165, 1.54) is 43.3 Å². The zero-order valence-corrected chi connectivity index (χ0v) is 19.3. The minimum atomic E-state index is -0.703. The largest absolute Gasteiger partial charge is 0.493 e. The van der Waals surface area contributed by atoms with Crippen LogP contribution in [0.25, 0.3) is 6.08 Å². The van der Waals surface area contributed by atoms with Crippen LogP contribution in [0.3, 0.4) is 0 Å². The number of amides is 1. The molecule has 0 spiro atoms. The Balaban J connectivity index is 1.84. The van der Waals surface area contributed by atoms with E-state index < -0.39 is 11.9 Å². The van der Waals surface area contributed by atoms with E-state index in [-0.39, 0.29) is 28.0 Å². The number of rotatable bonds is 7. The number of carbonyl (C=O) groups excluding carboxylic acids is 2. The Hall–Kier alpha value is -3.14. The van der Waals surface area contributed by atoms with Crippen molar-refractivity contribution in [1.29, 1.82) is 5.26 Å². The number of thioether (sulfide) groups is 1. The number of carbonyl (C=O) groups is 2. The number of ether oxygens (including phenoxy) is 2. The summed E-state index contributed by atoms with van der Waals surface area (Å²) in [5.41, 5.74) is 0.311. The Kier molecular flexibility index (Phi) is 7.45. The molecule has 1 aromatic carbocycles. The smallest absolute Gasteiger partial charge is 0.379 e. The van der Waals surface area contributed by atoms with E-state index in [1.54, 1.807) is 12.1 Å². The highest BCUT2D eigenvalue weighted by Gasteiger charge is 2.19. The Morgan fingerprint density at radius 2 is 2.23 bits per heavy atom. The Bertz CT molecular complexity index is 1180. The number of esters is 1. The van der Waals surface area contributed by atoms with Crippen LogP contribution in [0, 0.1) is 11.3 Å². The molecule has 0 atom stereocenters. The number of benzene rings is 1. The number of hydrogen-bond donors (Lipinski definition) is 1. The van der Waals surface area contributed by atoms with Gasteiger partial charge in [0.05, 0.1) is 17.8 Å². The minimum absolute atomic E-state index is 0.0303. The number of nitriles is 1. The second-order valence-electron chi connectivity index (χ2n) is 5.61. The molecule has 0 radical (unpaired) electrons. The second-order valence-corrected chi connectivity index (χ2v) is 7.99. The van der Waals surface area contributed by atoms with Crippen LogP contribution in [-0.2, 0) is 4.79 Å². The predicted molar refractivity (Wildman–Crippen MR) is 118 cm³/mol. The number of hydrogen-bond acceptors (Lipinski definition) is 10. The summed E-state index contributed by atoms with van der Waals surface area (Å²) >= 11 is 5.68. The molecule has 2 aromatic heterocycles. The first kappa shape index (κ1) is 22.5. The molecule has 0 saturated heterocycles. The van der Waals surface area contributed by atoms with Crippen LogP contribution in [0.15, 0.2) is 50.1 Å². The predicted octanol–water partition coefficient (Wildman–Crippen LogP) is 4.39. The molecule has 0 fully saturated rings. The summed E-state index contributed by atoms with van der Waals surface area (Å²) in [5, 5.41) is 12.8. The second kappa shape index (κ2) is 10.3. The summed E-state index contributed by atoms with van der Waals surface area (Å²) in [4.78, 5) is 28.7. The molecule has 0 bridgehead atoms. The molecule has 0 aliphatic rings. The molecule has 0 saturated carbocycles. The maximum Gasteiger partial charge on any atom is 0.379 e. The zero-order valence-electron chi connectivity index (χ0n) is 16.0. The van der Waals surface area contributed by atoms with Gasteiger partial charge < -0.3 is 13.9 Å². The first-order valence-corrected chi connectivity index (χ1v) is 11.2. The molecule has 3 aromatic rings. The summed E-state index contributed by atoms with van der Waals surface area (Å²) in [5.74, 6) is -0.960. The average molecular weight is 521 g/mol. The summed E-state index contributed by atoms with van der Waals surface area (Å²) in [7, 11) is 1.40. The fraction of sp³-hybridized carbons (Fsp3) is 0.105. The van der Waals surface area contributed by atoms with Crippen molar-refractivity contribution in [3.8, 4) is 17.6 Å². The van der Waals surface area contributed by atoms with E-state index in [2.05, 4.69) is 30.6 Å². The van der Waals surface area contributed by atoms with Gasteiger partial charge in [0.25, 0.3) is 5.91 Å². The summed E-state index contributed by atoms with van der Waals surface area (Å²) in [6.07, 6.45) is 4.54. The van der Waals surface area contributed by atoms with Crippen LogP contribution in [0.5, 0.6) is 11.5 Å². The van der Waals surface area contributed by atoms with E-state index in [1.807, 2.05) is 12.3 Å². The topological polar surface area (TPSA) is 127 Å². The molecular weight excluding hydrogens is 508 g/mol. The number of nitrogens with one attached hydrogen (secondary N) is 1. The van der Waals surface area contributed by atoms with Crippen molar-refractivity contribution in [1.82, 2.24) is 9.36 Å². The lowest BCUT2D eigenvalue weighted by atomic mass is 10.1. The quantitative estimate of drug-likeness (QED) is 0.158. The lowest BCUT2D eigenvalue weighted by Crippen LogP contribution is -2.13. The van der Waals surface area contributed by atoms with Gasteiger partial charge in [-0.15, -0.1) is 0 Å². The maximum atomic E-state index is 12.4. The lowest BCUT2D eigenvalue weighted by Gasteiger charge is -2.11. The van der Waals surface area contributed by atoms with Crippen LogP contribution >= 0.6 is 39.2 Å². The number of methoxy groups -OCH3 is 1. The van der Waals surface area contributed by atoms with E-state index in [0.29, 0.717) is 15.2 Å². The van der Waals surface area contributed by atoms with E-state index in [9.17, 15) is 14.9 Å². The van der Waals surface area contributed by atoms with Crippen molar-refractivity contribution in [3.63, 3.8) is 0 Å². The molecule has 9 nitrogen and oxygen atoms in total. The first-order valence-electron chi connectivity index (χ1n) is 8.39. The third-order valence-electron chi connectivity index (χ3n) is 3.66. The van der Waals surface area contributed by atoms with Crippen molar-refractivity contribution >= 4 is 62.3 Å². The summed E-state index contributed by atoms with van der Waals surface area (Å²) in [6, 6.07) is 8.00. The number of aromatic nitrogens is 2. The fourth-order valence-corrected chi connectivity index (χ4v) is 3.95.